The predicted molar refractivity (Wildman–Crippen MR) is 49.8 cm³/mol. The van der Waals surface area contributed by atoms with Gasteiger partial charge in [0.05, 0.1) is 5.69 Å². The number of thiazole rings is 1. The summed E-state index contributed by atoms with van der Waals surface area (Å²) in [6.07, 6.45) is 2.42. The quantitative estimate of drug-likeness (QED) is 0.847. The number of rotatable bonds is 2. The minimum atomic E-state index is 0.252. The number of nitrogens with two attached hydrogens (primary N) is 1. The van der Waals surface area contributed by atoms with Gasteiger partial charge in [-0.1, -0.05) is 0 Å². The van der Waals surface area contributed by atoms with E-state index in [1.165, 1.54) is 18.5 Å². The van der Waals surface area contributed by atoms with Crippen LogP contribution in [0.1, 0.15) is 18.5 Å². The molecule has 0 unspecified atom stereocenters. The standard InChI is InChI=1S/C7H9BrN2S/c8-6-10-5(3-11-6)7(4-9)1-2-7/h3H,1-2,4,9H2. The van der Waals surface area contributed by atoms with E-state index in [9.17, 15) is 0 Å². The third-order valence-corrected chi connectivity index (χ3v) is 3.63. The zero-order valence-corrected chi connectivity index (χ0v) is 8.41. The van der Waals surface area contributed by atoms with Crippen LogP contribution in [0.15, 0.2) is 9.30 Å². The van der Waals surface area contributed by atoms with E-state index >= 15 is 0 Å². The van der Waals surface area contributed by atoms with Crippen molar-refractivity contribution < 1.29 is 0 Å². The summed E-state index contributed by atoms with van der Waals surface area (Å²) >= 11 is 4.98. The summed E-state index contributed by atoms with van der Waals surface area (Å²) in [7, 11) is 0. The smallest absolute Gasteiger partial charge is 0.159 e. The van der Waals surface area contributed by atoms with E-state index < -0.39 is 0 Å². The second-order valence-corrected chi connectivity index (χ2v) is 5.10. The topological polar surface area (TPSA) is 38.9 Å². The van der Waals surface area contributed by atoms with Crippen LogP contribution in [0.3, 0.4) is 0 Å². The lowest BCUT2D eigenvalue weighted by molar-refractivity contribution is 0.683. The van der Waals surface area contributed by atoms with E-state index in [0.717, 1.165) is 10.5 Å². The van der Waals surface area contributed by atoms with Crippen molar-refractivity contribution in [3.63, 3.8) is 0 Å². The highest BCUT2D eigenvalue weighted by atomic mass is 79.9. The van der Waals surface area contributed by atoms with Crippen LogP contribution in [0.2, 0.25) is 0 Å². The zero-order chi connectivity index (χ0) is 7.90. The van der Waals surface area contributed by atoms with E-state index in [2.05, 4.69) is 26.3 Å². The second-order valence-electron chi connectivity index (χ2n) is 2.97. The van der Waals surface area contributed by atoms with Crippen LogP contribution in [0.4, 0.5) is 0 Å². The predicted octanol–water partition coefficient (Wildman–Crippen LogP) is 1.90. The molecule has 2 N–H and O–H groups in total. The van der Waals surface area contributed by atoms with Crippen molar-refractivity contribution in [1.82, 2.24) is 4.98 Å². The zero-order valence-electron chi connectivity index (χ0n) is 6.01. The maximum absolute atomic E-state index is 5.66. The molecule has 0 amide bonds. The Labute approximate surface area is 78.0 Å². The van der Waals surface area contributed by atoms with Gasteiger partial charge in [0.15, 0.2) is 3.92 Å². The maximum Gasteiger partial charge on any atom is 0.159 e. The Morgan fingerprint density at radius 3 is 2.82 bits per heavy atom. The average molecular weight is 233 g/mol. The summed E-state index contributed by atoms with van der Waals surface area (Å²) in [4.78, 5) is 4.37. The molecule has 0 saturated heterocycles. The molecule has 0 spiro atoms. The first-order chi connectivity index (χ1) is 5.27. The van der Waals surface area contributed by atoms with Gasteiger partial charge in [-0.3, -0.25) is 0 Å². The lowest BCUT2D eigenvalue weighted by Gasteiger charge is -2.06. The van der Waals surface area contributed by atoms with E-state index in [1.807, 2.05) is 0 Å². The van der Waals surface area contributed by atoms with Gasteiger partial charge in [-0.15, -0.1) is 11.3 Å². The third kappa shape index (κ3) is 1.23. The molecule has 60 valence electrons. The molecule has 1 aliphatic rings. The Bertz CT molecular complexity index is 267. The number of hydrogen-bond donors (Lipinski definition) is 1. The number of aromatic nitrogens is 1. The molecule has 0 radical (unpaired) electrons. The highest BCUT2D eigenvalue weighted by molar-refractivity contribution is 9.11. The molecule has 11 heavy (non-hydrogen) atoms. The van der Waals surface area contributed by atoms with Crippen molar-refractivity contribution in [3.05, 3.63) is 15.0 Å². The average Bonchev–Trinajstić information content (AvgIpc) is 2.70. The Kier molecular flexibility index (Phi) is 1.78. The fourth-order valence-electron chi connectivity index (χ4n) is 1.21. The number of nitrogens with zero attached hydrogens (tertiary/aromatic N) is 1. The fourth-order valence-corrected chi connectivity index (χ4v) is 2.35. The van der Waals surface area contributed by atoms with Gasteiger partial charge in [-0.25, -0.2) is 4.98 Å². The summed E-state index contributed by atoms with van der Waals surface area (Å²) in [6.45, 7) is 0.739. The van der Waals surface area contributed by atoms with Crippen LogP contribution in [0.25, 0.3) is 0 Å². The molecule has 0 aliphatic heterocycles. The molecule has 1 heterocycles. The molecular weight excluding hydrogens is 224 g/mol. The lowest BCUT2D eigenvalue weighted by atomic mass is 10.1. The Morgan fingerprint density at radius 1 is 1.73 bits per heavy atom. The second kappa shape index (κ2) is 2.54. The summed E-state index contributed by atoms with van der Waals surface area (Å²) in [5.41, 5.74) is 7.09. The normalized spacial score (nSPS) is 20.2. The van der Waals surface area contributed by atoms with Crippen molar-refractivity contribution in [2.24, 2.45) is 5.73 Å². The molecule has 2 nitrogen and oxygen atoms in total. The first-order valence-corrected chi connectivity index (χ1v) is 5.26. The van der Waals surface area contributed by atoms with Gasteiger partial charge >= 0.3 is 0 Å². The van der Waals surface area contributed by atoms with E-state index in [-0.39, 0.29) is 5.41 Å². The summed E-state index contributed by atoms with van der Waals surface area (Å²) in [6, 6.07) is 0. The Morgan fingerprint density at radius 2 is 2.45 bits per heavy atom. The highest BCUT2D eigenvalue weighted by Crippen LogP contribution is 2.47. The number of hydrogen-bond acceptors (Lipinski definition) is 3. The van der Waals surface area contributed by atoms with Crippen molar-refractivity contribution in [3.8, 4) is 0 Å². The van der Waals surface area contributed by atoms with Crippen LogP contribution in [0, 0.1) is 0 Å². The van der Waals surface area contributed by atoms with Crippen LogP contribution in [-0.4, -0.2) is 11.5 Å². The SMILES string of the molecule is NCC1(c2csc(Br)n2)CC1. The minimum absolute atomic E-state index is 0.252. The molecular formula is C7H9BrN2S. The van der Waals surface area contributed by atoms with Crippen LogP contribution in [0.5, 0.6) is 0 Å². The minimum Gasteiger partial charge on any atom is -0.330 e. The van der Waals surface area contributed by atoms with Gasteiger partial charge in [-0.05, 0) is 28.8 Å². The highest BCUT2D eigenvalue weighted by Gasteiger charge is 2.44. The van der Waals surface area contributed by atoms with Crippen LogP contribution < -0.4 is 5.73 Å². The van der Waals surface area contributed by atoms with E-state index in [0.29, 0.717) is 0 Å². The Balaban J connectivity index is 2.29. The van der Waals surface area contributed by atoms with Gasteiger partial charge < -0.3 is 5.73 Å². The Hall–Kier alpha value is 0.0700. The van der Waals surface area contributed by atoms with Gasteiger partial charge in [0, 0.05) is 17.3 Å². The lowest BCUT2D eigenvalue weighted by Crippen LogP contribution is -2.19. The van der Waals surface area contributed by atoms with E-state index in [1.54, 1.807) is 11.3 Å². The summed E-state index contributed by atoms with van der Waals surface area (Å²) in [5, 5.41) is 2.10. The first-order valence-electron chi connectivity index (χ1n) is 3.58. The molecule has 1 aromatic rings. The first kappa shape index (κ1) is 7.71. The van der Waals surface area contributed by atoms with Gasteiger partial charge in [0.1, 0.15) is 0 Å². The largest absolute Gasteiger partial charge is 0.330 e. The van der Waals surface area contributed by atoms with Gasteiger partial charge in [0.25, 0.3) is 0 Å². The monoisotopic (exact) mass is 232 g/mol. The molecule has 1 aromatic heterocycles. The van der Waals surface area contributed by atoms with Crippen LogP contribution >= 0.6 is 27.3 Å². The van der Waals surface area contributed by atoms with E-state index in [4.69, 9.17) is 5.73 Å². The third-order valence-electron chi connectivity index (χ3n) is 2.26. The van der Waals surface area contributed by atoms with Gasteiger partial charge in [0.2, 0.25) is 0 Å². The molecule has 4 heteroatoms. The van der Waals surface area contributed by atoms with Crippen molar-refractivity contribution >= 4 is 27.3 Å². The molecule has 0 bridgehead atoms. The molecule has 1 saturated carbocycles. The molecule has 1 fully saturated rings. The van der Waals surface area contributed by atoms with Crippen molar-refractivity contribution in [1.29, 1.82) is 0 Å². The number of halogens is 1. The molecule has 0 atom stereocenters. The van der Waals surface area contributed by atoms with Gasteiger partial charge in [-0.2, -0.15) is 0 Å². The van der Waals surface area contributed by atoms with Crippen molar-refractivity contribution in [2.45, 2.75) is 18.3 Å². The fraction of sp³-hybridized carbons (Fsp3) is 0.571. The van der Waals surface area contributed by atoms with Crippen molar-refractivity contribution in [2.75, 3.05) is 6.54 Å². The molecule has 2 rings (SSSR count). The molecule has 1 aliphatic carbocycles. The van der Waals surface area contributed by atoms with Crippen LogP contribution in [-0.2, 0) is 5.41 Å². The summed E-state index contributed by atoms with van der Waals surface area (Å²) in [5.74, 6) is 0. The summed E-state index contributed by atoms with van der Waals surface area (Å²) < 4.78 is 0.965. The molecule has 0 aromatic carbocycles. The maximum atomic E-state index is 5.66.